The number of aromatic nitrogens is 1. The minimum absolute atomic E-state index is 0.183. The molecule has 1 aromatic heterocycles. The molecule has 1 saturated carbocycles. The first-order chi connectivity index (χ1) is 17.8. The van der Waals surface area contributed by atoms with Crippen molar-refractivity contribution in [3.05, 3.63) is 16.1 Å². The SMILES string of the molecule is CCCCCC(=O)N1CCC(C2CCC(C)C(c3ncc(CN4CCN(S(=O)(=O)CC)CC4)s3)C2)CC1. The minimum Gasteiger partial charge on any atom is -0.343 e. The van der Waals surface area contributed by atoms with E-state index in [1.807, 2.05) is 11.3 Å². The first kappa shape index (κ1) is 29.0. The minimum atomic E-state index is -3.08. The highest BCUT2D eigenvalue weighted by Crippen LogP contribution is 2.46. The number of sulfonamides is 1. The van der Waals surface area contributed by atoms with Gasteiger partial charge in [0.2, 0.25) is 15.9 Å². The van der Waals surface area contributed by atoms with E-state index in [0.717, 1.165) is 76.7 Å². The summed E-state index contributed by atoms with van der Waals surface area (Å²) in [4.78, 5) is 23.2. The van der Waals surface area contributed by atoms with Gasteiger partial charge in [0.1, 0.15) is 0 Å². The summed E-state index contributed by atoms with van der Waals surface area (Å²) in [5.41, 5.74) is 0. The molecule has 1 aliphatic carbocycles. The standard InChI is InChI=1S/C28H48N4O3S2/c1-4-6-7-8-27(33)31-13-11-23(12-14-31)24-10-9-22(3)26(19-24)28-29-20-25(36-28)21-30-15-17-32(18-16-30)37(34,35)5-2/h20,22-24,26H,4-19,21H2,1-3H3. The topological polar surface area (TPSA) is 73.8 Å². The van der Waals surface area contributed by atoms with E-state index in [4.69, 9.17) is 4.98 Å². The van der Waals surface area contributed by atoms with Crippen LogP contribution in [0.3, 0.4) is 0 Å². The molecule has 2 aliphatic heterocycles. The fourth-order valence-electron chi connectivity index (χ4n) is 6.57. The number of thiazole rings is 1. The summed E-state index contributed by atoms with van der Waals surface area (Å²) in [5, 5.41) is 1.29. The van der Waals surface area contributed by atoms with E-state index >= 15 is 0 Å². The van der Waals surface area contributed by atoms with Crippen LogP contribution in [-0.4, -0.2) is 78.4 Å². The van der Waals surface area contributed by atoms with Gasteiger partial charge >= 0.3 is 0 Å². The summed E-state index contributed by atoms with van der Waals surface area (Å²) in [6, 6.07) is 0. The van der Waals surface area contributed by atoms with Gasteiger partial charge in [-0.15, -0.1) is 11.3 Å². The van der Waals surface area contributed by atoms with Crippen LogP contribution < -0.4 is 0 Å². The van der Waals surface area contributed by atoms with Crippen LogP contribution in [-0.2, 0) is 21.4 Å². The number of rotatable bonds is 10. The number of piperazine rings is 1. The summed E-state index contributed by atoms with van der Waals surface area (Å²) in [5.74, 6) is 3.24. The van der Waals surface area contributed by atoms with Crippen molar-refractivity contribution in [2.45, 2.75) is 91.0 Å². The van der Waals surface area contributed by atoms with Crippen LogP contribution >= 0.6 is 11.3 Å². The summed E-state index contributed by atoms with van der Waals surface area (Å²) >= 11 is 1.87. The van der Waals surface area contributed by atoms with Gasteiger partial charge in [0, 0.05) is 69.2 Å². The van der Waals surface area contributed by atoms with Crippen molar-refractivity contribution in [1.82, 2.24) is 19.1 Å². The van der Waals surface area contributed by atoms with Crippen molar-refractivity contribution in [2.75, 3.05) is 45.0 Å². The molecule has 0 aromatic carbocycles. The van der Waals surface area contributed by atoms with Crippen molar-refractivity contribution in [3.8, 4) is 0 Å². The van der Waals surface area contributed by atoms with Gasteiger partial charge in [-0.3, -0.25) is 9.69 Å². The second-order valence-electron chi connectivity index (χ2n) is 11.6. The Morgan fingerprint density at radius 2 is 1.73 bits per heavy atom. The number of likely N-dealkylation sites (tertiary alicyclic amines) is 1. The Bertz CT molecular complexity index is 966. The quantitative estimate of drug-likeness (QED) is 0.384. The highest BCUT2D eigenvalue weighted by Gasteiger charge is 2.36. The Labute approximate surface area is 229 Å². The zero-order valence-corrected chi connectivity index (χ0v) is 24.9. The number of carbonyl (C=O) groups excluding carboxylic acids is 1. The molecule has 7 nitrogen and oxygen atoms in total. The molecular formula is C28H48N4O3S2. The number of carbonyl (C=O) groups is 1. The molecule has 3 fully saturated rings. The first-order valence-corrected chi connectivity index (χ1v) is 17.2. The van der Waals surface area contributed by atoms with Gasteiger partial charge in [-0.1, -0.05) is 26.7 Å². The van der Waals surface area contributed by atoms with E-state index in [9.17, 15) is 13.2 Å². The second kappa shape index (κ2) is 13.4. The maximum atomic E-state index is 12.5. The number of unbranched alkanes of at least 4 members (excludes halogenated alkanes) is 2. The van der Waals surface area contributed by atoms with Gasteiger partial charge in [0.25, 0.3) is 0 Å². The van der Waals surface area contributed by atoms with Gasteiger partial charge in [0.15, 0.2) is 0 Å². The predicted molar refractivity (Wildman–Crippen MR) is 151 cm³/mol. The Balaban J connectivity index is 1.26. The molecule has 37 heavy (non-hydrogen) atoms. The molecule has 0 bridgehead atoms. The summed E-state index contributed by atoms with van der Waals surface area (Å²) in [6.07, 6.45) is 12.3. The third-order valence-electron chi connectivity index (χ3n) is 9.15. The van der Waals surface area contributed by atoms with Crippen LogP contribution in [0.15, 0.2) is 6.20 Å². The average Bonchev–Trinajstić information content (AvgIpc) is 3.37. The molecule has 0 N–H and O–H groups in total. The predicted octanol–water partition coefficient (Wildman–Crippen LogP) is 4.95. The van der Waals surface area contributed by atoms with Crippen LogP contribution in [0.5, 0.6) is 0 Å². The van der Waals surface area contributed by atoms with Crippen LogP contribution in [0.4, 0.5) is 0 Å². The average molecular weight is 553 g/mol. The molecule has 3 aliphatic rings. The molecule has 3 atom stereocenters. The number of nitrogens with zero attached hydrogens (tertiary/aromatic N) is 4. The fraction of sp³-hybridized carbons (Fsp3) is 0.857. The Kier molecular flexibility index (Phi) is 10.5. The number of piperidine rings is 1. The fourth-order valence-corrected chi connectivity index (χ4v) is 8.86. The van der Waals surface area contributed by atoms with Crippen molar-refractivity contribution in [3.63, 3.8) is 0 Å². The van der Waals surface area contributed by atoms with E-state index in [1.165, 1.54) is 35.6 Å². The van der Waals surface area contributed by atoms with Crippen molar-refractivity contribution in [2.24, 2.45) is 17.8 Å². The number of hydrogen-bond acceptors (Lipinski definition) is 6. The Morgan fingerprint density at radius 1 is 1.00 bits per heavy atom. The van der Waals surface area contributed by atoms with Gasteiger partial charge in [0.05, 0.1) is 10.8 Å². The molecule has 3 heterocycles. The molecule has 0 radical (unpaired) electrons. The third-order valence-corrected chi connectivity index (χ3v) is 12.1. The number of amides is 1. The molecule has 4 rings (SSSR count). The molecule has 3 unspecified atom stereocenters. The molecule has 210 valence electrons. The Morgan fingerprint density at radius 3 is 2.41 bits per heavy atom. The zero-order valence-electron chi connectivity index (χ0n) is 23.2. The van der Waals surface area contributed by atoms with Crippen molar-refractivity contribution >= 4 is 27.3 Å². The van der Waals surface area contributed by atoms with E-state index in [-0.39, 0.29) is 5.75 Å². The lowest BCUT2D eigenvalue weighted by molar-refractivity contribution is -0.133. The van der Waals surface area contributed by atoms with E-state index in [1.54, 1.807) is 11.2 Å². The lowest BCUT2D eigenvalue weighted by Gasteiger charge is -2.41. The highest BCUT2D eigenvalue weighted by molar-refractivity contribution is 7.89. The third kappa shape index (κ3) is 7.55. The largest absolute Gasteiger partial charge is 0.343 e. The van der Waals surface area contributed by atoms with Gasteiger partial charge < -0.3 is 4.90 Å². The smallest absolute Gasteiger partial charge is 0.222 e. The lowest BCUT2D eigenvalue weighted by atomic mass is 9.68. The van der Waals surface area contributed by atoms with Crippen LogP contribution in [0.1, 0.15) is 94.4 Å². The van der Waals surface area contributed by atoms with E-state index < -0.39 is 10.0 Å². The molecule has 0 spiro atoms. The van der Waals surface area contributed by atoms with Crippen LogP contribution in [0, 0.1) is 17.8 Å². The van der Waals surface area contributed by atoms with Gasteiger partial charge in [-0.25, -0.2) is 13.4 Å². The van der Waals surface area contributed by atoms with Gasteiger partial charge in [-0.05, 0) is 63.2 Å². The molecular weight excluding hydrogens is 504 g/mol. The second-order valence-corrected chi connectivity index (χ2v) is 15.0. The van der Waals surface area contributed by atoms with Crippen LogP contribution in [0.25, 0.3) is 0 Å². The summed E-state index contributed by atoms with van der Waals surface area (Å²) in [7, 11) is -3.08. The molecule has 1 aromatic rings. The zero-order chi connectivity index (χ0) is 26.4. The van der Waals surface area contributed by atoms with E-state index in [2.05, 4.69) is 29.8 Å². The Hall–Kier alpha value is -1.03. The molecule has 9 heteroatoms. The van der Waals surface area contributed by atoms with Crippen molar-refractivity contribution < 1.29 is 13.2 Å². The highest BCUT2D eigenvalue weighted by atomic mass is 32.2. The molecule has 1 amide bonds. The van der Waals surface area contributed by atoms with Gasteiger partial charge in [-0.2, -0.15) is 4.31 Å². The summed E-state index contributed by atoms with van der Waals surface area (Å²) < 4.78 is 25.9. The van der Waals surface area contributed by atoms with E-state index in [0.29, 0.717) is 30.8 Å². The van der Waals surface area contributed by atoms with Crippen molar-refractivity contribution in [1.29, 1.82) is 0 Å². The monoisotopic (exact) mass is 552 g/mol. The molecule has 2 saturated heterocycles. The summed E-state index contributed by atoms with van der Waals surface area (Å²) in [6.45, 7) is 11.8. The lowest BCUT2D eigenvalue weighted by Crippen LogP contribution is -2.48. The van der Waals surface area contributed by atoms with Crippen LogP contribution in [0.2, 0.25) is 0 Å². The maximum absolute atomic E-state index is 12.5. The number of hydrogen-bond donors (Lipinski definition) is 0. The maximum Gasteiger partial charge on any atom is 0.222 e. The first-order valence-electron chi connectivity index (χ1n) is 14.7. The normalized spacial score (nSPS) is 27.0.